The zero-order chi connectivity index (χ0) is 66.4. The van der Waals surface area contributed by atoms with Gasteiger partial charge >= 0.3 is 0 Å². The van der Waals surface area contributed by atoms with Gasteiger partial charge in [0.15, 0.2) is 6.29 Å². The summed E-state index contributed by atoms with van der Waals surface area (Å²) < 4.78 is 11.4. The molecule has 1 rings (SSSR count). The molecule has 0 aromatic rings. The van der Waals surface area contributed by atoms with Crippen LogP contribution in [0.1, 0.15) is 431 Å². The maximum atomic E-state index is 13.2. The zero-order valence-electron chi connectivity index (χ0n) is 61.3. The van der Waals surface area contributed by atoms with E-state index in [2.05, 4.69) is 43.5 Å². The molecule has 0 radical (unpaired) electrons. The van der Waals surface area contributed by atoms with Crippen molar-refractivity contribution in [1.82, 2.24) is 5.32 Å². The number of unbranched alkanes of at least 4 members (excludes halogenated alkanes) is 60. The second kappa shape index (κ2) is 72.2. The van der Waals surface area contributed by atoms with Gasteiger partial charge in [0.05, 0.1) is 25.4 Å². The Morgan fingerprint density at radius 2 is 0.641 bits per heavy atom. The van der Waals surface area contributed by atoms with E-state index in [1.165, 1.54) is 366 Å². The number of rotatable bonds is 74. The summed E-state index contributed by atoms with van der Waals surface area (Å²) in [7, 11) is 0. The fourth-order valence-electron chi connectivity index (χ4n) is 13.5. The van der Waals surface area contributed by atoms with Crippen LogP contribution in [0.15, 0.2) is 36.5 Å². The summed E-state index contributed by atoms with van der Waals surface area (Å²) in [6, 6.07) is -0.805. The van der Waals surface area contributed by atoms with Crippen LogP contribution in [0, 0.1) is 0 Å². The molecule has 1 fully saturated rings. The lowest BCUT2D eigenvalue weighted by atomic mass is 9.99. The van der Waals surface area contributed by atoms with Crippen molar-refractivity contribution in [1.29, 1.82) is 0 Å². The van der Waals surface area contributed by atoms with Gasteiger partial charge in [0.2, 0.25) is 5.91 Å². The maximum Gasteiger partial charge on any atom is 0.220 e. The highest BCUT2D eigenvalue weighted by molar-refractivity contribution is 5.76. The third-order valence-electron chi connectivity index (χ3n) is 20.0. The number of aliphatic hydroxyl groups excluding tert-OH is 5. The van der Waals surface area contributed by atoms with Gasteiger partial charge in [0.25, 0.3) is 0 Å². The van der Waals surface area contributed by atoms with Crippen molar-refractivity contribution in [2.45, 2.75) is 474 Å². The number of allylic oxidation sites excluding steroid dienone is 5. The van der Waals surface area contributed by atoms with Gasteiger partial charge < -0.3 is 40.3 Å². The summed E-state index contributed by atoms with van der Waals surface area (Å²) in [5, 5.41) is 55.0. The van der Waals surface area contributed by atoms with Crippen LogP contribution in [-0.4, -0.2) is 87.5 Å². The number of amides is 1. The third-order valence-corrected chi connectivity index (χ3v) is 20.0. The Balaban J connectivity index is 2.05. The second-order valence-corrected chi connectivity index (χ2v) is 28.9. The number of aliphatic hydroxyl groups is 5. The van der Waals surface area contributed by atoms with Gasteiger partial charge in [-0.05, 0) is 51.4 Å². The molecule has 544 valence electrons. The minimum atomic E-state index is -1.57. The van der Waals surface area contributed by atoms with Crippen molar-refractivity contribution in [2.75, 3.05) is 13.2 Å². The van der Waals surface area contributed by atoms with Crippen molar-refractivity contribution < 1.29 is 39.8 Å². The fraction of sp³-hybridized carbons (Fsp3) is 0.916. The van der Waals surface area contributed by atoms with Gasteiger partial charge in [-0.2, -0.15) is 0 Å². The molecule has 1 saturated heterocycles. The highest BCUT2D eigenvalue weighted by atomic mass is 16.7. The molecule has 1 heterocycles. The lowest BCUT2D eigenvalue weighted by Gasteiger charge is -2.40. The molecule has 0 aliphatic carbocycles. The summed E-state index contributed by atoms with van der Waals surface area (Å²) in [5.74, 6) is -0.167. The lowest BCUT2D eigenvalue weighted by Crippen LogP contribution is -2.60. The minimum absolute atomic E-state index is 0.167. The van der Waals surface area contributed by atoms with E-state index in [0.29, 0.717) is 6.42 Å². The molecule has 7 unspecified atom stereocenters. The van der Waals surface area contributed by atoms with Crippen LogP contribution in [0.4, 0.5) is 0 Å². The average Bonchev–Trinajstić information content (AvgIpc) is 1.00. The van der Waals surface area contributed by atoms with Crippen molar-refractivity contribution in [3.8, 4) is 0 Å². The normalized spacial score (nSPS) is 17.8. The van der Waals surface area contributed by atoms with Gasteiger partial charge in [0, 0.05) is 6.42 Å². The highest BCUT2D eigenvalue weighted by Crippen LogP contribution is 2.24. The van der Waals surface area contributed by atoms with Crippen LogP contribution in [0.25, 0.3) is 0 Å². The van der Waals surface area contributed by atoms with E-state index in [0.717, 1.165) is 44.9 Å². The summed E-state index contributed by atoms with van der Waals surface area (Å²) in [5.41, 5.74) is 0. The average molecular weight is 1300 g/mol. The SMILES string of the molecule is CCCCCCC/C=C\C/C=C\CCCCCCCCCCCCCCCCCCCCCCCCCCCC(=O)NC(COC1OC(CO)C(O)C(O)C1O)C(O)/C=C/CCCCCCCCCCCCCCCCCCCCCCCCCCCCCCCC. The molecule has 9 heteroatoms. The smallest absolute Gasteiger partial charge is 0.220 e. The van der Waals surface area contributed by atoms with E-state index in [1.807, 2.05) is 6.08 Å². The molecule has 9 nitrogen and oxygen atoms in total. The van der Waals surface area contributed by atoms with Crippen LogP contribution < -0.4 is 5.32 Å². The molecule has 7 atom stereocenters. The lowest BCUT2D eigenvalue weighted by molar-refractivity contribution is -0.302. The van der Waals surface area contributed by atoms with E-state index < -0.39 is 49.5 Å². The summed E-state index contributed by atoms with van der Waals surface area (Å²) in [6.45, 7) is 3.84. The predicted octanol–water partition coefficient (Wildman–Crippen LogP) is 23.7. The van der Waals surface area contributed by atoms with Crippen LogP contribution >= 0.6 is 0 Å². The molecule has 1 aliphatic rings. The second-order valence-electron chi connectivity index (χ2n) is 28.9. The standard InChI is InChI=1S/C83H159NO8/c1-3-5-7-9-11-13-15-17-19-21-23-25-27-29-31-33-35-37-38-39-40-41-43-45-47-49-51-53-55-57-59-61-63-65-67-69-71-73-79(87)84-76(75-91-83-82(90)81(89)80(88)78(74-85)92-83)77(86)72-70-68-66-64-62-60-58-56-54-52-50-48-46-44-42-36-34-32-30-28-26-24-22-20-18-16-14-12-10-8-6-4-2/h15,17,21,23,70,72,76-78,80-83,85-86,88-90H,3-14,16,18-20,22,24-69,71,73-75H2,1-2H3,(H,84,87)/b17-15-,23-21-,72-70+. The van der Waals surface area contributed by atoms with Crippen molar-refractivity contribution >= 4 is 5.91 Å². The monoisotopic (exact) mass is 1300 g/mol. The van der Waals surface area contributed by atoms with E-state index in [1.54, 1.807) is 6.08 Å². The first kappa shape index (κ1) is 88.4. The van der Waals surface area contributed by atoms with Crippen molar-refractivity contribution in [3.05, 3.63) is 36.5 Å². The Morgan fingerprint density at radius 1 is 0.370 bits per heavy atom. The molecule has 0 spiro atoms. The van der Waals surface area contributed by atoms with Gasteiger partial charge in [-0.3, -0.25) is 4.79 Å². The predicted molar refractivity (Wildman–Crippen MR) is 397 cm³/mol. The van der Waals surface area contributed by atoms with E-state index >= 15 is 0 Å². The molecule has 0 aromatic carbocycles. The van der Waals surface area contributed by atoms with E-state index in [9.17, 15) is 30.3 Å². The molecule has 0 saturated carbocycles. The van der Waals surface area contributed by atoms with Gasteiger partial charge in [-0.1, -0.05) is 410 Å². The van der Waals surface area contributed by atoms with Crippen LogP contribution in [0.3, 0.4) is 0 Å². The highest BCUT2D eigenvalue weighted by Gasteiger charge is 2.44. The topological polar surface area (TPSA) is 149 Å². The third kappa shape index (κ3) is 59.7. The van der Waals surface area contributed by atoms with Crippen LogP contribution in [0.5, 0.6) is 0 Å². The Kier molecular flexibility index (Phi) is 69.4. The number of carbonyl (C=O) groups excluding carboxylic acids is 1. The number of nitrogens with one attached hydrogen (secondary N) is 1. The Labute approximate surface area is 571 Å². The zero-order valence-corrected chi connectivity index (χ0v) is 61.3. The van der Waals surface area contributed by atoms with Crippen LogP contribution in [0.2, 0.25) is 0 Å². The Morgan fingerprint density at radius 3 is 0.935 bits per heavy atom. The maximum absolute atomic E-state index is 13.2. The largest absolute Gasteiger partial charge is 0.394 e. The molecule has 0 bridgehead atoms. The van der Waals surface area contributed by atoms with Gasteiger partial charge in [-0.15, -0.1) is 0 Å². The minimum Gasteiger partial charge on any atom is -0.394 e. The Bertz CT molecular complexity index is 1550. The van der Waals surface area contributed by atoms with E-state index in [4.69, 9.17) is 9.47 Å². The first-order valence-corrected chi connectivity index (χ1v) is 41.2. The quantitative estimate of drug-likeness (QED) is 0.0261. The molecular formula is C83H159NO8. The summed E-state index contributed by atoms with van der Waals surface area (Å²) in [6.07, 6.45) is 91.6. The first-order valence-electron chi connectivity index (χ1n) is 41.2. The van der Waals surface area contributed by atoms with Crippen molar-refractivity contribution in [3.63, 3.8) is 0 Å². The molecule has 0 aromatic heterocycles. The van der Waals surface area contributed by atoms with Crippen LogP contribution in [-0.2, 0) is 14.3 Å². The molecule has 92 heavy (non-hydrogen) atoms. The summed E-state index contributed by atoms with van der Waals surface area (Å²) >= 11 is 0. The fourth-order valence-corrected chi connectivity index (χ4v) is 13.5. The number of carbonyl (C=O) groups is 1. The molecule has 1 aliphatic heterocycles. The molecule has 1 amide bonds. The summed E-state index contributed by atoms with van der Waals surface area (Å²) in [4.78, 5) is 13.2. The molecular weight excluding hydrogens is 1140 g/mol. The Hall–Kier alpha value is -1.59. The first-order chi connectivity index (χ1) is 45.3. The van der Waals surface area contributed by atoms with Gasteiger partial charge in [0.1, 0.15) is 24.4 Å². The number of ether oxygens (including phenoxy) is 2. The molecule has 6 N–H and O–H groups in total. The number of hydrogen-bond acceptors (Lipinski definition) is 8. The van der Waals surface area contributed by atoms with Gasteiger partial charge in [-0.25, -0.2) is 0 Å². The number of hydrogen-bond donors (Lipinski definition) is 6. The van der Waals surface area contributed by atoms with Crippen molar-refractivity contribution in [2.24, 2.45) is 0 Å². The van der Waals surface area contributed by atoms with E-state index in [-0.39, 0.29) is 12.5 Å².